The van der Waals surface area contributed by atoms with Crippen molar-refractivity contribution in [1.29, 1.82) is 0 Å². The summed E-state index contributed by atoms with van der Waals surface area (Å²) in [5.74, 6) is 0.124. The van der Waals surface area contributed by atoms with Crippen molar-refractivity contribution in [3.8, 4) is 0 Å². The van der Waals surface area contributed by atoms with Gasteiger partial charge in [0.05, 0.1) is 12.6 Å². The maximum atomic E-state index is 11.7. The molecule has 1 aliphatic rings. The third-order valence-electron chi connectivity index (χ3n) is 3.11. The summed E-state index contributed by atoms with van der Waals surface area (Å²) in [4.78, 5) is 13.5. The fourth-order valence-electron chi connectivity index (χ4n) is 2.09. The lowest BCUT2D eigenvalue weighted by atomic mass is 10.2. The van der Waals surface area contributed by atoms with Crippen molar-refractivity contribution >= 4 is 5.91 Å². The van der Waals surface area contributed by atoms with Gasteiger partial charge in [-0.1, -0.05) is 0 Å². The molecule has 88 valence electrons. The highest BCUT2D eigenvalue weighted by molar-refractivity contribution is 5.78. The van der Waals surface area contributed by atoms with Crippen molar-refractivity contribution in [2.75, 3.05) is 19.6 Å². The lowest BCUT2D eigenvalue weighted by molar-refractivity contribution is -0.130. The first-order chi connectivity index (χ1) is 7.19. The minimum atomic E-state index is -0.269. The maximum Gasteiger partial charge on any atom is 0.236 e. The van der Waals surface area contributed by atoms with Gasteiger partial charge in [0.15, 0.2) is 0 Å². The second kappa shape index (κ2) is 6.08. The molecular weight excluding hydrogens is 192 g/mol. The van der Waals surface area contributed by atoms with E-state index in [1.54, 1.807) is 4.90 Å². The summed E-state index contributed by atoms with van der Waals surface area (Å²) < 4.78 is 0. The number of rotatable bonds is 5. The monoisotopic (exact) mass is 214 g/mol. The molecule has 0 aromatic carbocycles. The molecule has 15 heavy (non-hydrogen) atoms. The largest absolute Gasteiger partial charge is 0.392 e. The molecule has 1 fully saturated rings. The molecule has 1 amide bonds. The molecule has 2 atom stereocenters. The molecule has 0 spiro atoms. The lowest BCUT2D eigenvalue weighted by Gasteiger charge is -2.21. The van der Waals surface area contributed by atoms with Crippen LogP contribution in [0.5, 0.6) is 0 Å². The van der Waals surface area contributed by atoms with Crippen LogP contribution in [0.25, 0.3) is 0 Å². The van der Waals surface area contributed by atoms with E-state index in [9.17, 15) is 9.90 Å². The van der Waals surface area contributed by atoms with Crippen molar-refractivity contribution in [2.45, 2.75) is 45.3 Å². The number of carbonyl (C=O) groups is 1. The van der Waals surface area contributed by atoms with E-state index in [0.29, 0.717) is 6.54 Å². The van der Waals surface area contributed by atoms with Crippen LogP contribution in [0.1, 0.15) is 33.1 Å². The van der Waals surface area contributed by atoms with Crippen LogP contribution in [0.15, 0.2) is 0 Å². The van der Waals surface area contributed by atoms with Gasteiger partial charge in [0.1, 0.15) is 0 Å². The van der Waals surface area contributed by atoms with Gasteiger partial charge in [-0.25, -0.2) is 0 Å². The van der Waals surface area contributed by atoms with Gasteiger partial charge in [-0.15, -0.1) is 0 Å². The van der Waals surface area contributed by atoms with Gasteiger partial charge in [-0.3, -0.25) is 4.79 Å². The van der Waals surface area contributed by atoms with Crippen LogP contribution in [0.2, 0.25) is 0 Å². The van der Waals surface area contributed by atoms with Gasteiger partial charge in [0.25, 0.3) is 0 Å². The summed E-state index contributed by atoms with van der Waals surface area (Å²) in [6.45, 7) is 5.81. The third-order valence-corrected chi connectivity index (χ3v) is 3.11. The van der Waals surface area contributed by atoms with Gasteiger partial charge < -0.3 is 15.3 Å². The summed E-state index contributed by atoms with van der Waals surface area (Å²) in [6.07, 6.45) is 2.62. The predicted molar refractivity (Wildman–Crippen MR) is 59.6 cm³/mol. The maximum absolute atomic E-state index is 11.7. The molecule has 0 aromatic heterocycles. The summed E-state index contributed by atoms with van der Waals surface area (Å²) in [7, 11) is 0. The van der Waals surface area contributed by atoms with Crippen molar-refractivity contribution < 1.29 is 9.90 Å². The Labute approximate surface area is 91.6 Å². The van der Waals surface area contributed by atoms with Crippen LogP contribution in [0.3, 0.4) is 0 Å². The number of likely N-dealkylation sites (N-methyl/N-ethyl adjacent to an activating group) is 1. The van der Waals surface area contributed by atoms with Crippen molar-refractivity contribution in [2.24, 2.45) is 0 Å². The molecule has 2 unspecified atom stereocenters. The Morgan fingerprint density at radius 3 is 2.53 bits per heavy atom. The van der Waals surface area contributed by atoms with Crippen molar-refractivity contribution in [3.63, 3.8) is 0 Å². The van der Waals surface area contributed by atoms with Crippen LogP contribution in [0, 0.1) is 0 Å². The van der Waals surface area contributed by atoms with Gasteiger partial charge >= 0.3 is 0 Å². The first-order valence-corrected chi connectivity index (χ1v) is 5.88. The Kier molecular flexibility index (Phi) is 5.05. The molecular formula is C11H22N2O2. The number of hydrogen-bond donors (Lipinski definition) is 2. The number of hydrogen-bond acceptors (Lipinski definition) is 3. The Bertz CT molecular complexity index is 205. The summed E-state index contributed by atoms with van der Waals surface area (Å²) in [6, 6.07) is 0.115. The van der Waals surface area contributed by atoms with Gasteiger partial charge in [0.2, 0.25) is 5.91 Å². The van der Waals surface area contributed by atoms with E-state index in [2.05, 4.69) is 5.32 Å². The molecule has 4 nitrogen and oxygen atoms in total. The second-order valence-corrected chi connectivity index (χ2v) is 4.05. The molecule has 0 bridgehead atoms. The Hall–Kier alpha value is -0.610. The van der Waals surface area contributed by atoms with E-state index in [4.69, 9.17) is 0 Å². The summed E-state index contributed by atoms with van der Waals surface area (Å²) in [5, 5.41) is 12.7. The third kappa shape index (κ3) is 3.47. The molecule has 0 aliphatic heterocycles. The minimum Gasteiger partial charge on any atom is -0.392 e. The van der Waals surface area contributed by atoms with Crippen LogP contribution in [-0.4, -0.2) is 47.7 Å². The smallest absolute Gasteiger partial charge is 0.236 e. The molecule has 2 N–H and O–H groups in total. The van der Waals surface area contributed by atoms with Gasteiger partial charge in [-0.05, 0) is 33.1 Å². The first-order valence-electron chi connectivity index (χ1n) is 5.88. The van der Waals surface area contributed by atoms with E-state index in [-0.39, 0.29) is 18.1 Å². The van der Waals surface area contributed by atoms with Gasteiger partial charge in [0, 0.05) is 19.1 Å². The molecule has 1 rings (SSSR count). The Morgan fingerprint density at radius 2 is 2.07 bits per heavy atom. The zero-order valence-electron chi connectivity index (χ0n) is 9.70. The Morgan fingerprint density at radius 1 is 1.40 bits per heavy atom. The fraction of sp³-hybridized carbons (Fsp3) is 0.909. The van der Waals surface area contributed by atoms with Crippen molar-refractivity contribution in [1.82, 2.24) is 10.2 Å². The highest BCUT2D eigenvalue weighted by Crippen LogP contribution is 2.18. The van der Waals surface area contributed by atoms with E-state index >= 15 is 0 Å². The minimum absolute atomic E-state index is 0.115. The van der Waals surface area contributed by atoms with E-state index in [1.165, 1.54) is 0 Å². The highest BCUT2D eigenvalue weighted by atomic mass is 16.3. The van der Waals surface area contributed by atoms with Crippen molar-refractivity contribution in [3.05, 3.63) is 0 Å². The lowest BCUT2D eigenvalue weighted by Crippen LogP contribution is -2.44. The quantitative estimate of drug-likeness (QED) is 0.694. The first kappa shape index (κ1) is 12.5. The summed E-state index contributed by atoms with van der Waals surface area (Å²) in [5.41, 5.74) is 0. The van der Waals surface area contributed by atoms with E-state index < -0.39 is 0 Å². The van der Waals surface area contributed by atoms with Crippen LogP contribution in [0.4, 0.5) is 0 Å². The zero-order chi connectivity index (χ0) is 11.3. The molecule has 4 heteroatoms. The Balaban J connectivity index is 2.26. The standard InChI is InChI=1S/C11H22N2O2/c1-3-13(4-2)11(15)8-12-9-6-5-7-10(9)14/h9-10,12,14H,3-8H2,1-2H3. The highest BCUT2D eigenvalue weighted by Gasteiger charge is 2.25. The van der Waals surface area contributed by atoms with Crippen LogP contribution in [-0.2, 0) is 4.79 Å². The SMILES string of the molecule is CCN(CC)C(=O)CNC1CCCC1O. The molecule has 0 aromatic rings. The molecule has 0 heterocycles. The molecule has 1 saturated carbocycles. The number of aliphatic hydroxyl groups excluding tert-OH is 1. The number of carbonyl (C=O) groups excluding carboxylic acids is 1. The summed E-state index contributed by atoms with van der Waals surface area (Å²) >= 11 is 0. The molecule has 0 radical (unpaired) electrons. The van der Waals surface area contributed by atoms with Crippen LogP contribution < -0.4 is 5.32 Å². The topological polar surface area (TPSA) is 52.6 Å². The fourth-order valence-corrected chi connectivity index (χ4v) is 2.09. The van der Waals surface area contributed by atoms with E-state index in [0.717, 1.165) is 32.4 Å². The number of nitrogens with zero attached hydrogens (tertiary/aromatic N) is 1. The van der Waals surface area contributed by atoms with E-state index in [1.807, 2.05) is 13.8 Å². The normalized spacial score (nSPS) is 25.5. The average molecular weight is 214 g/mol. The van der Waals surface area contributed by atoms with Gasteiger partial charge in [-0.2, -0.15) is 0 Å². The zero-order valence-corrected chi connectivity index (χ0v) is 9.70. The number of aliphatic hydroxyl groups is 1. The number of amides is 1. The molecule has 0 saturated heterocycles. The number of nitrogens with one attached hydrogen (secondary N) is 1. The second-order valence-electron chi connectivity index (χ2n) is 4.05. The predicted octanol–water partition coefficient (Wildman–Crippen LogP) is 0.358. The average Bonchev–Trinajstić information content (AvgIpc) is 2.63. The van der Waals surface area contributed by atoms with Crippen LogP contribution >= 0.6 is 0 Å². The molecule has 1 aliphatic carbocycles.